The van der Waals surface area contributed by atoms with Crippen LogP contribution in [0.5, 0.6) is 0 Å². The number of benzene rings is 1. The Morgan fingerprint density at radius 1 is 1.39 bits per heavy atom. The molecule has 4 rings (SSSR count). The highest BCUT2D eigenvalue weighted by Gasteiger charge is 2.32. The monoisotopic (exact) mass is 458 g/mol. The number of hydrogen-bond acceptors (Lipinski definition) is 7. The maximum Gasteiger partial charge on any atom is 0.335 e. The second kappa shape index (κ2) is 9.42. The van der Waals surface area contributed by atoms with Crippen molar-refractivity contribution in [1.82, 2.24) is 14.9 Å². The summed E-state index contributed by atoms with van der Waals surface area (Å²) in [5.74, 6) is -1.26. The van der Waals surface area contributed by atoms with Gasteiger partial charge in [-0.1, -0.05) is 6.92 Å². The van der Waals surface area contributed by atoms with Crippen LogP contribution in [0.1, 0.15) is 64.6 Å². The van der Waals surface area contributed by atoms with Gasteiger partial charge in [-0.2, -0.15) is 0 Å². The lowest BCUT2D eigenvalue weighted by Gasteiger charge is -2.38. The fourth-order valence-corrected chi connectivity index (χ4v) is 6.39. The topological polar surface area (TPSA) is 109 Å². The van der Waals surface area contributed by atoms with Gasteiger partial charge in [0.15, 0.2) is 0 Å². The van der Waals surface area contributed by atoms with Gasteiger partial charge >= 0.3 is 5.97 Å². The maximum atomic E-state index is 11.6. The lowest BCUT2D eigenvalue weighted by atomic mass is 9.94. The number of carboxylic acid groups (broad SMARTS) is 1. The SMILES string of the molecule is CCCN(C1CCc2ncsc2C1)C(CCC(N)=O)c1nc2ccc(C(=O)O)cc2s1. The van der Waals surface area contributed by atoms with Crippen molar-refractivity contribution in [2.24, 2.45) is 5.73 Å². The Morgan fingerprint density at radius 3 is 2.97 bits per heavy atom. The second-order valence-electron chi connectivity index (χ2n) is 7.92. The highest BCUT2D eigenvalue weighted by Crippen LogP contribution is 2.37. The number of rotatable bonds is 9. The Balaban J connectivity index is 1.69. The van der Waals surface area contributed by atoms with Crippen molar-refractivity contribution >= 4 is 44.8 Å². The summed E-state index contributed by atoms with van der Waals surface area (Å²) in [5.41, 5.74) is 9.69. The van der Waals surface area contributed by atoms with E-state index in [0.717, 1.165) is 47.5 Å². The molecule has 0 saturated carbocycles. The van der Waals surface area contributed by atoms with Crippen molar-refractivity contribution in [3.63, 3.8) is 0 Å². The number of fused-ring (bicyclic) bond motifs is 2. The maximum absolute atomic E-state index is 11.6. The molecule has 1 amide bonds. The number of nitrogens with zero attached hydrogens (tertiary/aromatic N) is 3. The molecule has 3 aromatic rings. The quantitative estimate of drug-likeness (QED) is 0.501. The van der Waals surface area contributed by atoms with E-state index in [0.29, 0.717) is 18.9 Å². The van der Waals surface area contributed by atoms with Crippen molar-refractivity contribution < 1.29 is 14.7 Å². The second-order valence-corrected chi connectivity index (χ2v) is 9.92. The Kier molecular flexibility index (Phi) is 6.64. The molecular formula is C22H26N4O3S2. The van der Waals surface area contributed by atoms with Gasteiger partial charge in [0.2, 0.25) is 5.91 Å². The van der Waals surface area contributed by atoms with Crippen molar-refractivity contribution in [2.45, 2.75) is 57.5 Å². The number of amides is 1. The molecule has 0 aliphatic heterocycles. The van der Waals surface area contributed by atoms with E-state index < -0.39 is 5.97 Å². The van der Waals surface area contributed by atoms with E-state index in [4.69, 9.17) is 10.7 Å². The predicted molar refractivity (Wildman–Crippen MR) is 123 cm³/mol. The molecule has 3 N–H and O–H groups in total. The third-order valence-corrected chi connectivity index (χ3v) is 7.83. The van der Waals surface area contributed by atoms with Gasteiger partial charge in [-0.25, -0.2) is 14.8 Å². The fraction of sp³-hybridized carbons (Fsp3) is 0.455. The van der Waals surface area contributed by atoms with Crippen LogP contribution in [0.15, 0.2) is 23.7 Å². The summed E-state index contributed by atoms with van der Waals surface area (Å²) in [6, 6.07) is 5.35. The van der Waals surface area contributed by atoms with Crippen molar-refractivity contribution in [2.75, 3.05) is 6.54 Å². The number of carboxylic acids is 1. The van der Waals surface area contributed by atoms with Gasteiger partial charge in [-0.05, 0) is 56.8 Å². The number of primary amides is 1. The van der Waals surface area contributed by atoms with Crippen LogP contribution in [-0.2, 0) is 17.6 Å². The molecule has 9 heteroatoms. The van der Waals surface area contributed by atoms with Gasteiger partial charge in [0, 0.05) is 17.3 Å². The molecule has 0 spiro atoms. The molecule has 31 heavy (non-hydrogen) atoms. The minimum Gasteiger partial charge on any atom is -0.478 e. The highest BCUT2D eigenvalue weighted by atomic mass is 32.1. The Bertz CT molecular complexity index is 1090. The zero-order valence-electron chi connectivity index (χ0n) is 17.4. The number of carbonyl (C=O) groups excluding carboxylic acids is 1. The fourth-order valence-electron chi connectivity index (χ4n) is 4.35. The molecule has 7 nitrogen and oxygen atoms in total. The Hall–Kier alpha value is -2.36. The van der Waals surface area contributed by atoms with E-state index in [9.17, 15) is 14.7 Å². The third-order valence-electron chi connectivity index (χ3n) is 5.81. The molecule has 2 atom stereocenters. The first-order valence-electron chi connectivity index (χ1n) is 10.5. The van der Waals surface area contributed by atoms with Crippen LogP contribution < -0.4 is 5.73 Å². The molecule has 1 aromatic carbocycles. The zero-order chi connectivity index (χ0) is 22.0. The van der Waals surface area contributed by atoms with Crippen LogP contribution in [0.2, 0.25) is 0 Å². The molecular weight excluding hydrogens is 432 g/mol. The molecule has 1 aliphatic rings. The first-order valence-corrected chi connectivity index (χ1v) is 12.2. The average Bonchev–Trinajstić information content (AvgIpc) is 3.38. The molecule has 2 heterocycles. The molecule has 1 aliphatic carbocycles. The summed E-state index contributed by atoms with van der Waals surface area (Å²) in [5, 5.41) is 10.2. The van der Waals surface area contributed by atoms with Crippen LogP contribution in [0.4, 0.5) is 0 Å². The average molecular weight is 459 g/mol. The van der Waals surface area contributed by atoms with Gasteiger partial charge in [-0.15, -0.1) is 22.7 Å². The zero-order valence-corrected chi connectivity index (χ0v) is 19.0. The number of hydrogen-bond donors (Lipinski definition) is 2. The number of thiazole rings is 2. The van der Waals surface area contributed by atoms with Crippen LogP contribution in [0.3, 0.4) is 0 Å². The van der Waals surface area contributed by atoms with E-state index in [-0.39, 0.29) is 17.5 Å². The van der Waals surface area contributed by atoms with Crippen LogP contribution in [-0.4, -0.2) is 44.4 Å². The summed E-state index contributed by atoms with van der Waals surface area (Å²) in [6.07, 6.45) is 4.84. The molecule has 0 fully saturated rings. The molecule has 164 valence electrons. The van der Waals surface area contributed by atoms with E-state index >= 15 is 0 Å². The van der Waals surface area contributed by atoms with Crippen molar-refractivity contribution in [1.29, 1.82) is 0 Å². The molecule has 2 unspecified atom stereocenters. The molecule has 2 aromatic heterocycles. The van der Waals surface area contributed by atoms with Crippen LogP contribution in [0, 0.1) is 0 Å². The third kappa shape index (κ3) is 4.78. The predicted octanol–water partition coefficient (Wildman–Crippen LogP) is 4.03. The Labute approximate surface area is 188 Å². The molecule has 0 radical (unpaired) electrons. The smallest absolute Gasteiger partial charge is 0.335 e. The minimum atomic E-state index is -0.947. The van der Waals surface area contributed by atoms with Crippen molar-refractivity contribution in [3.05, 3.63) is 44.9 Å². The summed E-state index contributed by atoms with van der Waals surface area (Å²) >= 11 is 3.23. The standard InChI is InChI=1S/C22H26N4O3S2/c1-2-9-26(14-4-6-15-18(11-14)30-12-24-15)17(7-8-20(23)27)21-25-16-5-3-13(22(28)29)10-19(16)31-21/h3,5,10,12,14,17H,2,4,6-9,11H2,1H3,(H2,23,27)(H,28,29). The van der Waals surface area contributed by atoms with Crippen molar-refractivity contribution in [3.8, 4) is 0 Å². The first-order chi connectivity index (χ1) is 15.0. The summed E-state index contributed by atoms with van der Waals surface area (Å²) in [7, 11) is 0. The highest BCUT2D eigenvalue weighted by molar-refractivity contribution is 7.18. The van der Waals surface area contributed by atoms with E-state index in [1.54, 1.807) is 29.5 Å². The van der Waals surface area contributed by atoms with Crippen LogP contribution in [0.25, 0.3) is 10.2 Å². The van der Waals surface area contributed by atoms with Gasteiger partial charge in [0.25, 0.3) is 0 Å². The lowest BCUT2D eigenvalue weighted by Crippen LogP contribution is -2.42. The number of carbonyl (C=O) groups is 2. The van der Waals surface area contributed by atoms with Gasteiger partial charge in [0.05, 0.1) is 33.0 Å². The summed E-state index contributed by atoms with van der Waals surface area (Å²) < 4.78 is 0.851. The van der Waals surface area contributed by atoms with E-state index in [1.165, 1.54) is 21.9 Å². The first kappa shape index (κ1) is 21.9. The summed E-state index contributed by atoms with van der Waals surface area (Å²) in [4.78, 5) is 36.2. The number of aromatic carboxylic acids is 1. The number of nitrogens with two attached hydrogens (primary N) is 1. The normalized spacial score (nSPS) is 17.0. The lowest BCUT2D eigenvalue weighted by molar-refractivity contribution is -0.118. The summed E-state index contributed by atoms with van der Waals surface area (Å²) in [6.45, 7) is 3.06. The van der Waals surface area contributed by atoms with Gasteiger partial charge < -0.3 is 10.8 Å². The van der Waals surface area contributed by atoms with E-state index in [2.05, 4.69) is 16.8 Å². The molecule has 0 saturated heterocycles. The Morgan fingerprint density at radius 2 is 2.23 bits per heavy atom. The largest absolute Gasteiger partial charge is 0.478 e. The van der Waals surface area contributed by atoms with E-state index in [1.807, 2.05) is 5.51 Å². The molecule has 0 bridgehead atoms. The number of aryl methyl sites for hydroxylation is 1. The minimum absolute atomic E-state index is 0.0300. The number of aromatic nitrogens is 2. The van der Waals surface area contributed by atoms with Gasteiger partial charge in [-0.3, -0.25) is 9.69 Å². The van der Waals surface area contributed by atoms with Gasteiger partial charge in [0.1, 0.15) is 5.01 Å². The van der Waals surface area contributed by atoms with Crippen LogP contribution >= 0.6 is 22.7 Å².